The Balaban J connectivity index is 1.40. The van der Waals surface area contributed by atoms with E-state index in [2.05, 4.69) is 20.3 Å². The molecule has 2 aromatic heterocycles. The standard InChI is InChI=1S/C25H29N5O5/c1-14-20(24(31)29-16-7-9-30(10-8-16)25(32)33)22-23(28-14)21(26-13-27-22)18-6-5-17(11-19(18)34-2)35-12-15-3-4-15/h5-6,11,13,15-16,28H,3-4,7-10,12H2,1-2H3,(H,29,31)(H,32,33). The van der Waals surface area contributed by atoms with Crippen molar-refractivity contribution in [3.8, 4) is 22.8 Å². The van der Waals surface area contributed by atoms with Crippen LogP contribution >= 0.6 is 0 Å². The summed E-state index contributed by atoms with van der Waals surface area (Å²) in [7, 11) is 1.61. The molecule has 1 saturated heterocycles. The maximum atomic E-state index is 13.2. The Morgan fingerprint density at radius 1 is 1.20 bits per heavy atom. The molecule has 0 radical (unpaired) electrons. The first kappa shape index (κ1) is 22.9. The first-order valence-electron chi connectivity index (χ1n) is 11.9. The van der Waals surface area contributed by atoms with E-state index in [0.717, 1.165) is 11.3 Å². The number of rotatable bonds is 7. The van der Waals surface area contributed by atoms with E-state index in [1.807, 2.05) is 25.1 Å². The Kier molecular flexibility index (Phi) is 6.19. The topological polar surface area (TPSA) is 130 Å². The lowest BCUT2D eigenvalue weighted by molar-refractivity contribution is 0.0908. The number of H-pyrrole nitrogens is 1. The summed E-state index contributed by atoms with van der Waals surface area (Å²) in [4.78, 5) is 37.9. The normalized spacial score (nSPS) is 16.3. The van der Waals surface area contributed by atoms with Gasteiger partial charge in [0.25, 0.3) is 5.91 Å². The predicted molar refractivity (Wildman–Crippen MR) is 129 cm³/mol. The highest BCUT2D eigenvalue weighted by atomic mass is 16.5. The molecule has 1 saturated carbocycles. The summed E-state index contributed by atoms with van der Waals surface area (Å²) in [5.74, 6) is 1.79. The van der Waals surface area contributed by atoms with Gasteiger partial charge in [0.1, 0.15) is 29.0 Å². The number of aryl methyl sites for hydroxylation is 1. The van der Waals surface area contributed by atoms with Crippen LogP contribution in [-0.2, 0) is 0 Å². The lowest BCUT2D eigenvalue weighted by atomic mass is 10.0. The first-order valence-corrected chi connectivity index (χ1v) is 11.9. The number of carbonyl (C=O) groups is 2. The van der Waals surface area contributed by atoms with Crippen LogP contribution in [0.4, 0.5) is 4.79 Å². The van der Waals surface area contributed by atoms with Gasteiger partial charge in [-0.1, -0.05) is 0 Å². The van der Waals surface area contributed by atoms with Gasteiger partial charge in [-0.2, -0.15) is 0 Å². The van der Waals surface area contributed by atoms with Crippen molar-refractivity contribution in [2.75, 3.05) is 26.8 Å². The van der Waals surface area contributed by atoms with Gasteiger partial charge in [0.2, 0.25) is 0 Å². The van der Waals surface area contributed by atoms with Crippen molar-refractivity contribution in [3.05, 3.63) is 35.8 Å². The average molecular weight is 480 g/mol. The lowest BCUT2D eigenvalue weighted by Gasteiger charge is -2.30. The molecule has 2 amide bonds. The van der Waals surface area contributed by atoms with Crippen molar-refractivity contribution in [2.45, 2.75) is 38.6 Å². The molecule has 184 valence electrons. The maximum absolute atomic E-state index is 13.2. The number of amides is 2. The molecule has 0 atom stereocenters. The highest BCUT2D eigenvalue weighted by Gasteiger charge is 2.27. The van der Waals surface area contributed by atoms with E-state index in [1.165, 1.54) is 24.1 Å². The van der Waals surface area contributed by atoms with Crippen molar-refractivity contribution >= 4 is 23.0 Å². The third kappa shape index (κ3) is 4.73. The van der Waals surface area contributed by atoms with E-state index in [1.54, 1.807) is 7.11 Å². The summed E-state index contributed by atoms with van der Waals surface area (Å²) in [5, 5.41) is 12.2. The van der Waals surface area contributed by atoms with Crippen molar-refractivity contribution in [3.63, 3.8) is 0 Å². The molecular weight excluding hydrogens is 450 g/mol. The molecule has 0 bridgehead atoms. The Bertz CT molecular complexity index is 1260. The minimum Gasteiger partial charge on any atom is -0.496 e. The molecule has 1 aromatic carbocycles. The van der Waals surface area contributed by atoms with Gasteiger partial charge < -0.3 is 29.8 Å². The first-order chi connectivity index (χ1) is 16.9. The van der Waals surface area contributed by atoms with Gasteiger partial charge in [0.15, 0.2) is 0 Å². The molecule has 0 spiro atoms. The highest BCUT2D eigenvalue weighted by Crippen LogP contribution is 2.37. The van der Waals surface area contributed by atoms with Gasteiger partial charge in [0, 0.05) is 36.5 Å². The molecule has 35 heavy (non-hydrogen) atoms. The lowest BCUT2D eigenvalue weighted by Crippen LogP contribution is -2.46. The molecule has 0 unspecified atom stereocenters. The van der Waals surface area contributed by atoms with Crippen molar-refractivity contribution in [1.82, 2.24) is 25.2 Å². The number of piperidine rings is 1. The summed E-state index contributed by atoms with van der Waals surface area (Å²) in [6.45, 7) is 3.35. The number of aromatic amines is 1. The molecule has 5 rings (SSSR count). The van der Waals surface area contributed by atoms with Crippen LogP contribution in [0.15, 0.2) is 24.5 Å². The summed E-state index contributed by atoms with van der Waals surface area (Å²) in [6, 6.07) is 5.58. The van der Waals surface area contributed by atoms with Gasteiger partial charge in [-0.05, 0) is 50.7 Å². The van der Waals surface area contributed by atoms with Crippen LogP contribution in [0.2, 0.25) is 0 Å². The zero-order valence-electron chi connectivity index (χ0n) is 19.8. The zero-order chi connectivity index (χ0) is 24.5. The third-order valence-electron chi connectivity index (χ3n) is 6.71. The minimum absolute atomic E-state index is 0.0907. The largest absolute Gasteiger partial charge is 0.496 e. The van der Waals surface area contributed by atoms with Crippen LogP contribution in [0, 0.1) is 12.8 Å². The summed E-state index contributed by atoms with van der Waals surface area (Å²) in [6.07, 6.45) is 4.11. The maximum Gasteiger partial charge on any atom is 0.407 e. The number of carboxylic acid groups (broad SMARTS) is 1. The van der Waals surface area contributed by atoms with Crippen LogP contribution in [0.25, 0.3) is 22.3 Å². The zero-order valence-corrected chi connectivity index (χ0v) is 19.8. The fourth-order valence-corrected chi connectivity index (χ4v) is 4.53. The number of nitrogens with one attached hydrogen (secondary N) is 2. The third-order valence-corrected chi connectivity index (χ3v) is 6.71. The molecular formula is C25H29N5O5. The van der Waals surface area contributed by atoms with Gasteiger partial charge in [-0.3, -0.25) is 4.79 Å². The van der Waals surface area contributed by atoms with Crippen LogP contribution < -0.4 is 14.8 Å². The van der Waals surface area contributed by atoms with Gasteiger partial charge in [0.05, 0.1) is 24.8 Å². The fraction of sp³-hybridized carbons (Fsp3) is 0.440. The Labute approximate surface area is 202 Å². The second-order valence-electron chi connectivity index (χ2n) is 9.20. The number of hydrogen-bond acceptors (Lipinski definition) is 6. The number of likely N-dealkylation sites (tertiary alicyclic amines) is 1. The van der Waals surface area contributed by atoms with Crippen molar-refractivity contribution < 1.29 is 24.2 Å². The minimum atomic E-state index is -0.926. The molecule has 3 aromatic rings. The number of fused-ring (bicyclic) bond motifs is 1. The number of carbonyl (C=O) groups excluding carboxylic acids is 1. The number of hydrogen-bond donors (Lipinski definition) is 3. The Hall–Kier alpha value is -3.82. The Morgan fingerprint density at radius 2 is 1.97 bits per heavy atom. The number of benzene rings is 1. The monoisotopic (exact) mass is 479 g/mol. The molecule has 2 fully saturated rings. The molecule has 1 aliphatic heterocycles. The predicted octanol–water partition coefficient (Wildman–Crippen LogP) is 3.60. The molecule has 3 N–H and O–H groups in total. The summed E-state index contributed by atoms with van der Waals surface area (Å²) < 4.78 is 11.5. The molecule has 10 heteroatoms. The number of ether oxygens (including phenoxy) is 2. The van der Waals surface area contributed by atoms with Crippen LogP contribution in [-0.4, -0.2) is 69.8 Å². The van der Waals surface area contributed by atoms with E-state index < -0.39 is 6.09 Å². The van der Waals surface area contributed by atoms with Crippen LogP contribution in [0.1, 0.15) is 41.7 Å². The number of methoxy groups -OCH3 is 1. The Morgan fingerprint density at radius 3 is 2.66 bits per heavy atom. The van der Waals surface area contributed by atoms with Crippen LogP contribution in [0.3, 0.4) is 0 Å². The van der Waals surface area contributed by atoms with Gasteiger partial charge in [-0.15, -0.1) is 0 Å². The molecule has 1 aliphatic carbocycles. The average Bonchev–Trinajstić information content (AvgIpc) is 3.62. The smallest absolute Gasteiger partial charge is 0.407 e. The van der Waals surface area contributed by atoms with Crippen molar-refractivity contribution in [1.29, 1.82) is 0 Å². The number of nitrogens with zero attached hydrogens (tertiary/aromatic N) is 3. The second kappa shape index (κ2) is 9.44. The van der Waals surface area contributed by atoms with E-state index in [4.69, 9.17) is 14.6 Å². The van der Waals surface area contributed by atoms with Gasteiger partial charge in [-0.25, -0.2) is 14.8 Å². The summed E-state index contributed by atoms with van der Waals surface area (Å²) >= 11 is 0. The SMILES string of the molecule is COc1cc(OCC2CC2)ccc1-c1ncnc2c(C(=O)NC3CCN(C(=O)O)CC3)c(C)[nH]c12. The van der Waals surface area contributed by atoms with E-state index in [0.29, 0.717) is 72.2 Å². The van der Waals surface area contributed by atoms with E-state index in [-0.39, 0.29) is 11.9 Å². The highest BCUT2D eigenvalue weighted by molar-refractivity contribution is 6.09. The molecule has 10 nitrogen and oxygen atoms in total. The summed E-state index contributed by atoms with van der Waals surface area (Å²) in [5.41, 5.74) is 3.74. The van der Waals surface area contributed by atoms with Gasteiger partial charge >= 0.3 is 6.09 Å². The van der Waals surface area contributed by atoms with Crippen LogP contribution in [0.5, 0.6) is 11.5 Å². The van der Waals surface area contributed by atoms with E-state index in [9.17, 15) is 9.59 Å². The second-order valence-corrected chi connectivity index (χ2v) is 9.20. The number of aromatic nitrogens is 3. The fourth-order valence-electron chi connectivity index (χ4n) is 4.53. The molecule has 3 heterocycles. The molecule has 2 aliphatic rings. The van der Waals surface area contributed by atoms with Crippen molar-refractivity contribution in [2.24, 2.45) is 5.92 Å². The quantitative estimate of drug-likeness (QED) is 0.472. The van der Waals surface area contributed by atoms with E-state index >= 15 is 0 Å².